The van der Waals surface area contributed by atoms with E-state index in [1.807, 2.05) is 26.0 Å². The molecule has 1 saturated carbocycles. The van der Waals surface area contributed by atoms with Crippen LogP contribution in [0.4, 0.5) is 11.4 Å². The third kappa shape index (κ3) is 5.36. The largest absolute Gasteiger partial charge is 0.477 e. The fourth-order valence-electron chi connectivity index (χ4n) is 4.72. The van der Waals surface area contributed by atoms with Gasteiger partial charge in [0.1, 0.15) is 10.6 Å². The average Bonchev–Trinajstić information content (AvgIpc) is 3.47. The van der Waals surface area contributed by atoms with Crippen molar-refractivity contribution in [1.82, 2.24) is 9.78 Å². The number of carboxylic acids is 1. The quantitative estimate of drug-likeness (QED) is 0.428. The van der Waals surface area contributed by atoms with E-state index < -0.39 is 5.97 Å². The maximum absolute atomic E-state index is 13.5. The summed E-state index contributed by atoms with van der Waals surface area (Å²) < 4.78 is 1.50. The summed E-state index contributed by atoms with van der Waals surface area (Å²) >= 11 is 1.16. The highest BCUT2D eigenvalue weighted by Gasteiger charge is 2.33. The number of aromatic nitrogens is 2. The first kappa shape index (κ1) is 25.6. The number of hydrogen-bond acceptors (Lipinski definition) is 5. The van der Waals surface area contributed by atoms with Gasteiger partial charge in [0.25, 0.3) is 5.91 Å². The number of rotatable bonds is 7. The van der Waals surface area contributed by atoms with Gasteiger partial charge in [-0.2, -0.15) is 5.10 Å². The van der Waals surface area contributed by atoms with Crippen molar-refractivity contribution in [3.05, 3.63) is 53.2 Å². The monoisotopic (exact) mass is 508 g/mol. The molecule has 2 amide bonds. The van der Waals surface area contributed by atoms with Gasteiger partial charge in [-0.25, -0.2) is 4.79 Å². The second kappa shape index (κ2) is 10.7. The van der Waals surface area contributed by atoms with Crippen LogP contribution in [0.3, 0.4) is 0 Å². The number of hydrogen-bond donors (Lipinski definition) is 2. The lowest BCUT2D eigenvalue weighted by atomic mass is 9.82. The number of nitrogens with one attached hydrogen (secondary N) is 1. The van der Waals surface area contributed by atoms with E-state index in [1.165, 1.54) is 4.68 Å². The van der Waals surface area contributed by atoms with Crippen LogP contribution < -0.4 is 10.2 Å². The summed E-state index contributed by atoms with van der Waals surface area (Å²) in [6.45, 7) is 6.06. The van der Waals surface area contributed by atoms with Crippen LogP contribution in [0.1, 0.15) is 66.6 Å². The number of benzene rings is 1. The summed E-state index contributed by atoms with van der Waals surface area (Å²) in [6, 6.07) is 10.5. The number of aryl methyl sites for hydroxylation is 1. The zero-order valence-corrected chi connectivity index (χ0v) is 21.8. The topological polar surface area (TPSA) is 105 Å². The minimum atomic E-state index is -1.04. The van der Waals surface area contributed by atoms with Crippen LogP contribution in [0.5, 0.6) is 0 Å². The van der Waals surface area contributed by atoms with Gasteiger partial charge in [0.15, 0.2) is 0 Å². The first-order chi connectivity index (χ1) is 17.2. The molecule has 0 atom stereocenters. The van der Waals surface area contributed by atoms with E-state index in [-0.39, 0.29) is 28.7 Å². The number of anilines is 2. The molecule has 0 bridgehead atoms. The number of carbonyl (C=O) groups excluding carboxylic acids is 2. The molecule has 1 aromatic carbocycles. The van der Waals surface area contributed by atoms with Gasteiger partial charge in [0.2, 0.25) is 5.91 Å². The standard InChI is InChI=1S/C27H32N4O4S/c1-16(2)31(26(33)19-7-5-17(3)6-8-19)22-15-23(36-24(22)27(34)35)18-9-11-20(12-10-18)29-25(32)21-13-14-28-30(21)4/h9-17,19H,5-8H2,1-4H3,(H,29,32)(H,34,35). The maximum Gasteiger partial charge on any atom is 0.348 e. The van der Waals surface area contributed by atoms with Gasteiger partial charge in [-0.05, 0) is 75.3 Å². The van der Waals surface area contributed by atoms with Crippen molar-refractivity contribution in [1.29, 1.82) is 0 Å². The number of thiophene rings is 1. The maximum atomic E-state index is 13.5. The zero-order valence-electron chi connectivity index (χ0n) is 21.0. The Morgan fingerprint density at radius 1 is 1.11 bits per heavy atom. The van der Waals surface area contributed by atoms with Crippen molar-refractivity contribution >= 4 is 40.5 Å². The Hall–Kier alpha value is -3.46. The zero-order chi connectivity index (χ0) is 26.0. The highest BCUT2D eigenvalue weighted by molar-refractivity contribution is 7.18. The van der Waals surface area contributed by atoms with Gasteiger partial charge in [-0.3, -0.25) is 14.3 Å². The predicted molar refractivity (Wildman–Crippen MR) is 142 cm³/mol. The highest BCUT2D eigenvalue weighted by atomic mass is 32.1. The molecule has 1 aliphatic rings. The normalized spacial score (nSPS) is 17.7. The molecule has 0 unspecified atom stereocenters. The molecule has 0 spiro atoms. The summed E-state index contributed by atoms with van der Waals surface area (Å²) in [7, 11) is 1.70. The summed E-state index contributed by atoms with van der Waals surface area (Å²) in [5.41, 5.74) is 2.33. The Labute approximate surface area is 214 Å². The third-order valence-corrected chi connectivity index (χ3v) is 7.93. The molecule has 0 aliphatic heterocycles. The fraction of sp³-hybridized carbons (Fsp3) is 0.407. The van der Waals surface area contributed by atoms with Crippen LogP contribution in [-0.4, -0.2) is 38.7 Å². The van der Waals surface area contributed by atoms with E-state index >= 15 is 0 Å². The van der Waals surface area contributed by atoms with Gasteiger partial charge in [0.05, 0.1) is 5.69 Å². The van der Waals surface area contributed by atoms with Gasteiger partial charge >= 0.3 is 5.97 Å². The summed E-state index contributed by atoms with van der Waals surface area (Å²) in [6.07, 6.45) is 5.29. The van der Waals surface area contributed by atoms with Crippen molar-refractivity contribution in [2.75, 3.05) is 10.2 Å². The van der Waals surface area contributed by atoms with E-state index in [9.17, 15) is 19.5 Å². The third-order valence-electron chi connectivity index (χ3n) is 6.77. The van der Waals surface area contributed by atoms with E-state index in [0.29, 0.717) is 23.0 Å². The SMILES string of the molecule is CC1CCC(C(=O)N(c2cc(-c3ccc(NC(=O)c4ccnn4C)cc3)sc2C(=O)O)C(C)C)CC1. The molecule has 8 nitrogen and oxygen atoms in total. The van der Waals surface area contributed by atoms with Crippen LogP contribution in [0.25, 0.3) is 10.4 Å². The molecular formula is C27H32N4O4S. The van der Waals surface area contributed by atoms with Crippen molar-refractivity contribution in [3.63, 3.8) is 0 Å². The number of nitrogens with zero attached hydrogens (tertiary/aromatic N) is 3. The van der Waals surface area contributed by atoms with E-state index in [0.717, 1.165) is 47.5 Å². The number of aromatic carboxylic acids is 1. The lowest BCUT2D eigenvalue weighted by Gasteiger charge is -2.33. The smallest absolute Gasteiger partial charge is 0.348 e. The van der Waals surface area contributed by atoms with Gasteiger partial charge in [0, 0.05) is 35.8 Å². The Kier molecular flexibility index (Phi) is 7.59. The van der Waals surface area contributed by atoms with E-state index in [1.54, 1.807) is 42.4 Å². The second-order valence-electron chi connectivity index (χ2n) is 9.76. The summed E-state index contributed by atoms with van der Waals surface area (Å²) in [5, 5.41) is 16.8. The number of carbonyl (C=O) groups is 3. The predicted octanol–water partition coefficient (Wildman–Crippen LogP) is 5.67. The van der Waals surface area contributed by atoms with Crippen LogP contribution in [0, 0.1) is 11.8 Å². The molecule has 36 heavy (non-hydrogen) atoms. The first-order valence-corrected chi connectivity index (χ1v) is 13.1. The van der Waals surface area contributed by atoms with E-state index in [2.05, 4.69) is 17.3 Å². The fourth-order valence-corrected chi connectivity index (χ4v) is 5.71. The number of amides is 2. The molecule has 2 N–H and O–H groups in total. The average molecular weight is 509 g/mol. The molecule has 2 aromatic heterocycles. The van der Waals surface area contributed by atoms with Crippen molar-refractivity contribution in [2.45, 2.75) is 52.5 Å². The van der Waals surface area contributed by atoms with Crippen molar-refractivity contribution in [2.24, 2.45) is 18.9 Å². The van der Waals surface area contributed by atoms with Crippen LogP contribution >= 0.6 is 11.3 Å². The Bertz CT molecular complexity index is 1250. The van der Waals surface area contributed by atoms with Crippen molar-refractivity contribution in [3.8, 4) is 10.4 Å². The molecule has 9 heteroatoms. The van der Waals surface area contributed by atoms with Gasteiger partial charge in [-0.15, -0.1) is 11.3 Å². The van der Waals surface area contributed by atoms with Gasteiger partial charge in [-0.1, -0.05) is 19.1 Å². The molecule has 1 fully saturated rings. The second-order valence-corrected chi connectivity index (χ2v) is 10.8. The molecule has 0 saturated heterocycles. The lowest BCUT2D eigenvalue weighted by Crippen LogP contribution is -2.42. The lowest BCUT2D eigenvalue weighted by molar-refractivity contribution is -0.123. The Morgan fingerprint density at radius 2 is 1.78 bits per heavy atom. The molecule has 190 valence electrons. The Morgan fingerprint density at radius 3 is 2.33 bits per heavy atom. The summed E-state index contributed by atoms with van der Waals surface area (Å²) in [5.74, 6) is -0.747. The molecular weight excluding hydrogens is 476 g/mol. The van der Waals surface area contributed by atoms with Gasteiger partial charge < -0.3 is 15.3 Å². The highest BCUT2D eigenvalue weighted by Crippen LogP contribution is 2.40. The Balaban J connectivity index is 1.59. The first-order valence-electron chi connectivity index (χ1n) is 12.3. The van der Waals surface area contributed by atoms with Crippen LogP contribution in [0.2, 0.25) is 0 Å². The van der Waals surface area contributed by atoms with Crippen LogP contribution in [-0.2, 0) is 11.8 Å². The van der Waals surface area contributed by atoms with Crippen LogP contribution in [0.15, 0.2) is 42.6 Å². The van der Waals surface area contributed by atoms with Crippen molar-refractivity contribution < 1.29 is 19.5 Å². The van der Waals surface area contributed by atoms with E-state index in [4.69, 9.17) is 0 Å². The minimum Gasteiger partial charge on any atom is -0.477 e. The molecule has 0 radical (unpaired) electrons. The molecule has 4 rings (SSSR count). The number of carboxylic acid groups (broad SMARTS) is 1. The molecule has 1 aliphatic carbocycles. The summed E-state index contributed by atoms with van der Waals surface area (Å²) in [4.78, 5) is 40.7. The molecule has 3 aromatic rings. The molecule has 2 heterocycles. The minimum absolute atomic E-state index is 0.0111.